The van der Waals surface area contributed by atoms with Gasteiger partial charge in [-0.15, -0.1) is 0 Å². The minimum atomic E-state index is -0.272. The van der Waals surface area contributed by atoms with Crippen LogP contribution in [0.1, 0.15) is 40.7 Å². The number of carbonyl (C=O) groups is 1. The maximum Gasteiger partial charge on any atom is 0.257 e. The van der Waals surface area contributed by atoms with E-state index in [9.17, 15) is 9.18 Å². The first-order chi connectivity index (χ1) is 14.6. The average Bonchev–Trinajstić information content (AvgIpc) is 3.39. The third-order valence-corrected chi connectivity index (χ3v) is 5.67. The van der Waals surface area contributed by atoms with Crippen molar-refractivity contribution in [3.05, 3.63) is 77.9 Å². The van der Waals surface area contributed by atoms with Gasteiger partial charge in [-0.3, -0.25) is 4.79 Å². The smallest absolute Gasteiger partial charge is 0.257 e. The van der Waals surface area contributed by atoms with Crippen molar-refractivity contribution in [2.45, 2.75) is 25.7 Å². The van der Waals surface area contributed by atoms with E-state index in [0.717, 1.165) is 42.0 Å². The number of aromatic nitrogens is 3. The number of piperidine rings is 1. The number of benzene rings is 1. The summed E-state index contributed by atoms with van der Waals surface area (Å²) in [5.74, 6) is 1.16. The molecule has 0 radical (unpaired) electrons. The Kier molecular flexibility index (Phi) is 4.58. The second kappa shape index (κ2) is 7.40. The number of halogens is 1. The molecule has 6 nitrogen and oxygen atoms in total. The molecular weight excluding hydrogens is 383 g/mol. The van der Waals surface area contributed by atoms with E-state index >= 15 is 0 Å². The van der Waals surface area contributed by atoms with Crippen LogP contribution >= 0.6 is 0 Å². The van der Waals surface area contributed by atoms with Crippen molar-refractivity contribution in [3.63, 3.8) is 0 Å². The number of rotatable bonds is 3. The largest absolute Gasteiger partial charge is 0.469 e. The van der Waals surface area contributed by atoms with Gasteiger partial charge in [-0.2, -0.15) is 5.10 Å². The molecule has 0 saturated carbocycles. The third-order valence-electron chi connectivity index (χ3n) is 5.67. The molecule has 1 aliphatic heterocycles. The molecular formula is C23H21FN4O2. The molecule has 1 amide bonds. The molecule has 3 aromatic heterocycles. The maximum atomic E-state index is 13.6. The van der Waals surface area contributed by atoms with Crippen LogP contribution in [-0.2, 0) is 0 Å². The van der Waals surface area contributed by atoms with E-state index in [1.807, 2.05) is 29.3 Å². The first-order valence-corrected chi connectivity index (χ1v) is 10.0. The maximum absolute atomic E-state index is 13.6. The number of hydrogen-bond acceptors (Lipinski definition) is 4. The summed E-state index contributed by atoms with van der Waals surface area (Å²) in [5, 5.41) is 4.67. The highest BCUT2D eigenvalue weighted by atomic mass is 19.1. The fourth-order valence-electron chi connectivity index (χ4n) is 4.06. The monoisotopic (exact) mass is 404 g/mol. The van der Waals surface area contributed by atoms with Gasteiger partial charge in [0.15, 0.2) is 11.5 Å². The second-order valence-corrected chi connectivity index (χ2v) is 7.68. The molecule has 0 spiro atoms. The van der Waals surface area contributed by atoms with Crippen molar-refractivity contribution in [3.8, 4) is 11.1 Å². The summed E-state index contributed by atoms with van der Waals surface area (Å²) in [7, 11) is 0. The molecule has 1 aromatic carbocycles. The summed E-state index contributed by atoms with van der Waals surface area (Å²) < 4.78 is 20.6. The van der Waals surface area contributed by atoms with E-state index in [2.05, 4.69) is 10.1 Å². The van der Waals surface area contributed by atoms with Gasteiger partial charge in [0.2, 0.25) is 0 Å². The van der Waals surface area contributed by atoms with Gasteiger partial charge in [-0.1, -0.05) is 12.1 Å². The zero-order valence-corrected chi connectivity index (χ0v) is 16.6. The van der Waals surface area contributed by atoms with Crippen molar-refractivity contribution in [2.24, 2.45) is 0 Å². The van der Waals surface area contributed by atoms with Crippen molar-refractivity contribution in [1.82, 2.24) is 19.5 Å². The Labute approximate surface area is 173 Å². The predicted octanol–water partition coefficient (Wildman–Crippen LogP) is 4.46. The topological polar surface area (TPSA) is 63.6 Å². The zero-order valence-electron chi connectivity index (χ0n) is 16.6. The first-order valence-electron chi connectivity index (χ1n) is 10.0. The van der Waals surface area contributed by atoms with E-state index < -0.39 is 0 Å². The van der Waals surface area contributed by atoms with Crippen LogP contribution in [0, 0.1) is 12.7 Å². The Morgan fingerprint density at radius 1 is 1.20 bits per heavy atom. The molecule has 30 heavy (non-hydrogen) atoms. The number of amides is 1. The molecule has 0 N–H and O–H groups in total. The van der Waals surface area contributed by atoms with E-state index in [1.165, 1.54) is 12.1 Å². The van der Waals surface area contributed by atoms with Crippen LogP contribution in [0.2, 0.25) is 0 Å². The average molecular weight is 404 g/mol. The van der Waals surface area contributed by atoms with Gasteiger partial charge < -0.3 is 9.32 Å². The fourth-order valence-corrected chi connectivity index (χ4v) is 4.06. The molecule has 0 aliphatic carbocycles. The number of pyridine rings is 1. The van der Waals surface area contributed by atoms with E-state index in [0.29, 0.717) is 17.9 Å². The Balaban J connectivity index is 1.40. The highest BCUT2D eigenvalue weighted by Gasteiger charge is 2.29. The minimum Gasteiger partial charge on any atom is -0.469 e. The normalized spacial score (nSPS) is 16.9. The molecule has 4 aromatic rings. The number of hydrogen-bond donors (Lipinski definition) is 0. The van der Waals surface area contributed by atoms with Gasteiger partial charge in [-0.25, -0.2) is 13.9 Å². The number of fused-ring (bicyclic) bond motifs is 1. The number of carbonyl (C=O) groups excluding carboxylic acids is 1. The van der Waals surface area contributed by atoms with Crippen LogP contribution in [0.25, 0.3) is 16.8 Å². The quantitative estimate of drug-likeness (QED) is 0.506. The summed E-state index contributed by atoms with van der Waals surface area (Å²) in [4.78, 5) is 19.4. The molecule has 1 atom stereocenters. The van der Waals surface area contributed by atoms with Crippen LogP contribution in [0.15, 0.2) is 59.3 Å². The lowest BCUT2D eigenvalue weighted by Crippen LogP contribution is -2.39. The summed E-state index contributed by atoms with van der Waals surface area (Å²) >= 11 is 0. The van der Waals surface area contributed by atoms with E-state index in [-0.39, 0.29) is 17.6 Å². The predicted molar refractivity (Wildman–Crippen MR) is 110 cm³/mol. The summed E-state index contributed by atoms with van der Waals surface area (Å²) in [6.45, 7) is 3.10. The summed E-state index contributed by atoms with van der Waals surface area (Å²) in [6.07, 6.45) is 5.24. The number of likely N-dealkylation sites (tertiary alicyclic amines) is 1. The number of furan rings is 1. The molecule has 5 rings (SSSR count). The lowest BCUT2D eigenvalue weighted by atomic mass is 9.97. The SMILES string of the molecule is Cc1occc1C(=O)N1CCC[C@H](c2nc3ccc(-c4cccc(F)c4)cn3n2)C1. The Hall–Kier alpha value is -3.48. The number of nitrogens with zero attached hydrogens (tertiary/aromatic N) is 4. The van der Waals surface area contributed by atoms with Crippen LogP contribution in [0.3, 0.4) is 0 Å². The zero-order chi connectivity index (χ0) is 20.7. The molecule has 7 heteroatoms. The summed E-state index contributed by atoms with van der Waals surface area (Å²) in [6, 6.07) is 12.0. The van der Waals surface area contributed by atoms with Crippen LogP contribution in [0.5, 0.6) is 0 Å². The van der Waals surface area contributed by atoms with Gasteiger partial charge in [0, 0.05) is 30.8 Å². The Morgan fingerprint density at radius 3 is 2.90 bits per heavy atom. The van der Waals surface area contributed by atoms with E-state index in [4.69, 9.17) is 4.42 Å². The molecule has 4 heterocycles. The molecule has 0 unspecified atom stereocenters. The standard InChI is InChI=1S/C23H21FN4O2/c1-15-20(9-11-30-15)23(29)27-10-3-5-18(13-27)22-25-21-8-7-17(14-28(21)26-22)16-4-2-6-19(24)12-16/h2,4,6-9,11-12,14,18H,3,5,10,13H2,1H3/t18-/m0/s1. The lowest BCUT2D eigenvalue weighted by Gasteiger charge is -2.31. The second-order valence-electron chi connectivity index (χ2n) is 7.68. The van der Waals surface area contributed by atoms with Gasteiger partial charge >= 0.3 is 0 Å². The number of aryl methyl sites for hydroxylation is 1. The van der Waals surface area contributed by atoms with E-state index in [1.54, 1.807) is 29.8 Å². The summed E-state index contributed by atoms with van der Waals surface area (Å²) in [5.41, 5.74) is 3.01. The Bertz CT molecular complexity index is 1230. The lowest BCUT2D eigenvalue weighted by molar-refractivity contribution is 0.0703. The molecule has 0 bridgehead atoms. The molecule has 152 valence electrons. The Morgan fingerprint density at radius 2 is 2.10 bits per heavy atom. The van der Waals surface area contributed by atoms with Crippen LogP contribution in [-0.4, -0.2) is 38.5 Å². The third kappa shape index (κ3) is 3.36. The molecule has 1 saturated heterocycles. The highest BCUT2D eigenvalue weighted by Crippen LogP contribution is 2.27. The van der Waals surface area contributed by atoms with Crippen molar-refractivity contribution in [2.75, 3.05) is 13.1 Å². The fraction of sp³-hybridized carbons (Fsp3) is 0.261. The van der Waals surface area contributed by atoms with Crippen molar-refractivity contribution >= 4 is 11.6 Å². The van der Waals surface area contributed by atoms with Crippen molar-refractivity contribution < 1.29 is 13.6 Å². The molecule has 1 fully saturated rings. The van der Waals surface area contributed by atoms with Gasteiger partial charge in [0.1, 0.15) is 11.6 Å². The van der Waals surface area contributed by atoms with Crippen LogP contribution < -0.4 is 0 Å². The van der Waals surface area contributed by atoms with Gasteiger partial charge in [0.05, 0.1) is 11.8 Å². The molecule has 1 aliphatic rings. The highest BCUT2D eigenvalue weighted by molar-refractivity contribution is 5.95. The minimum absolute atomic E-state index is 0.0110. The van der Waals surface area contributed by atoms with Gasteiger partial charge in [-0.05, 0) is 55.7 Å². The van der Waals surface area contributed by atoms with Crippen molar-refractivity contribution in [1.29, 1.82) is 0 Å². The van der Waals surface area contributed by atoms with Crippen LogP contribution in [0.4, 0.5) is 4.39 Å². The van der Waals surface area contributed by atoms with Gasteiger partial charge in [0.25, 0.3) is 5.91 Å². The first kappa shape index (κ1) is 18.5.